The molecule has 3 heteroatoms. The molecule has 2 fully saturated rings. The molecule has 1 aliphatic heterocycles. The van der Waals surface area contributed by atoms with Crippen LogP contribution < -0.4 is 5.32 Å². The van der Waals surface area contributed by atoms with Crippen molar-refractivity contribution in [2.45, 2.75) is 76.8 Å². The summed E-state index contributed by atoms with van der Waals surface area (Å²) < 4.78 is 0. The predicted octanol–water partition coefficient (Wildman–Crippen LogP) is 3.31. The average Bonchev–Trinajstić information content (AvgIpc) is 3.31. The third-order valence-corrected chi connectivity index (χ3v) is 4.99. The Labute approximate surface area is 124 Å². The summed E-state index contributed by atoms with van der Waals surface area (Å²) in [5.41, 5.74) is -0.278. The van der Waals surface area contributed by atoms with Gasteiger partial charge in [0.25, 0.3) is 0 Å². The van der Waals surface area contributed by atoms with Gasteiger partial charge in [0.1, 0.15) is 5.54 Å². The summed E-state index contributed by atoms with van der Waals surface area (Å²) in [5.74, 6) is 0.586. The summed E-state index contributed by atoms with van der Waals surface area (Å²) >= 11 is 0. The second-order valence-corrected chi connectivity index (χ2v) is 6.69. The van der Waals surface area contributed by atoms with Gasteiger partial charge in [0.15, 0.2) is 0 Å². The van der Waals surface area contributed by atoms with Crippen molar-refractivity contribution in [1.82, 2.24) is 10.2 Å². The van der Waals surface area contributed by atoms with Crippen LogP contribution in [0.3, 0.4) is 0 Å². The number of nitriles is 1. The van der Waals surface area contributed by atoms with E-state index in [1.807, 2.05) is 0 Å². The summed E-state index contributed by atoms with van der Waals surface area (Å²) in [6.45, 7) is 7.56. The van der Waals surface area contributed by atoms with Gasteiger partial charge >= 0.3 is 0 Å². The lowest BCUT2D eigenvalue weighted by Gasteiger charge is -2.41. The molecule has 3 nitrogen and oxygen atoms in total. The van der Waals surface area contributed by atoms with Crippen molar-refractivity contribution in [3.05, 3.63) is 0 Å². The quantitative estimate of drug-likeness (QED) is 0.740. The van der Waals surface area contributed by atoms with Crippen molar-refractivity contribution >= 4 is 0 Å². The number of nitrogens with one attached hydrogen (secondary N) is 1. The van der Waals surface area contributed by atoms with E-state index in [-0.39, 0.29) is 5.54 Å². The van der Waals surface area contributed by atoms with Gasteiger partial charge in [-0.15, -0.1) is 0 Å². The molecule has 0 amide bonds. The maximum atomic E-state index is 9.82. The van der Waals surface area contributed by atoms with E-state index in [1.54, 1.807) is 0 Å². The van der Waals surface area contributed by atoms with E-state index in [0.29, 0.717) is 12.0 Å². The highest BCUT2D eigenvalue weighted by Crippen LogP contribution is 2.40. The van der Waals surface area contributed by atoms with Crippen LogP contribution in [-0.2, 0) is 0 Å². The Balaban J connectivity index is 2.03. The first-order valence-electron chi connectivity index (χ1n) is 8.66. The van der Waals surface area contributed by atoms with E-state index in [9.17, 15) is 5.26 Å². The molecule has 1 aliphatic carbocycles. The predicted molar refractivity (Wildman–Crippen MR) is 83.5 cm³/mol. The third kappa shape index (κ3) is 3.74. The largest absolute Gasteiger partial charge is 0.298 e. The van der Waals surface area contributed by atoms with Gasteiger partial charge in [0.2, 0.25) is 0 Å². The van der Waals surface area contributed by atoms with Crippen LogP contribution in [0.5, 0.6) is 0 Å². The highest BCUT2D eigenvalue weighted by atomic mass is 15.2. The molecule has 0 spiro atoms. The Bertz CT molecular complexity index is 330. The fraction of sp³-hybridized carbons (Fsp3) is 0.941. The number of hydrogen-bond donors (Lipinski definition) is 1. The molecule has 1 saturated heterocycles. The maximum absolute atomic E-state index is 9.82. The molecule has 0 bridgehead atoms. The number of rotatable bonds is 8. The van der Waals surface area contributed by atoms with Crippen molar-refractivity contribution < 1.29 is 0 Å². The van der Waals surface area contributed by atoms with Gasteiger partial charge in [0, 0.05) is 12.6 Å². The summed E-state index contributed by atoms with van der Waals surface area (Å²) in [5, 5.41) is 13.4. The smallest absolute Gasteiger partial charge is 0.122 e. The van der Waals surface area contributed by atoms with Crippen molar-refractivity contribution in [2.24, 2.45) is 5.92 Å². The van der Waals surface area contributed by atoms with E-state index < -0.39 is 0 Å². The number of piperidine rings is 1. The van der Waals surface area contributed by atoms with Crippen molar-refractivity contribution in [1.29, 1.82) is 5.26 Å². The molecule has 2 unspecified atom stereocenters. The highest BCUT2D eigenvalue weighted by Gasteiger charge is 2.47. The van der Waals surface area contributed by atoms with Crippen LogP contribution >= 0.6 is 0 Å². The number of nitrogens with zero attached hydrogens (tertiary/aromatic N) is 2. The van der Waals surface area contributed by atoms with Crippen LogP contribution in [0, 0.1) is 17.2 Å². The standard InChI is InChI=1S/C17H31N3/c1-3-7-16-8-5-6-12-20(16)14-17(13-18,15-9-10-15)19-11-4-2/h15-16,19H,3-12,14H2,1-2H3. The third-order valence-electron chi connectivity index (χ3n) is 4.99. The molecule has 20 heavy (non-hydrogen) atoms. The normalized spacial score (nSPS) is 26.9. The molecule has 1 N–H and O–H groups in total. The van der Waals surface area contributed by atoms with Crippen molar-refractivity contribution in [3.8, 4) is 6.07 Å². The van der Waals surface area contributed by atoms with E-state index >= 15 is 0 Å². The first-order chi connectivity index (χ1) is 9.75. The molecule has 1 saturated carbocycles. The lowest BCUT2D eigenvalue weighted by molar-refractivity contribution is 0.103. The maximum Gasteiger partial charge on any atom is 0.122 e. The minimum atomic E-state index is -0.278. The molecule has 0 radical (unpaired) electrons. The molecular formula is C17H31N3. The summed E-state index contributed by atoms with van der Waals surface area (Å²) in [6, 6.07) is 3.38. The van der Waals surface area contributed by atoms with Gasteiger partial charge in [0.05, 0.1) is 6.07 Å². The van der Waals surface area contributed by atoms with Crippen molar-refractivity contribution in [2.75, 3.05) is 19.6 Å². The van der Waals surface area contributed by atoms with E-state index in [0.717, 1.165) is 19.5 Å². The zero-order chi connectivity index (χ0) is 14.4. The van der Waals surface area contributed by atoms with Gasteiger partial charge in [-0.25, -0.2) is 0 Å². The van der Waals surface area contributed by atoms with Gasteiger partial charge in [-0.05, 0) is 57.5 Å². The Morgan fingerprint density at radius 3 is 2.60 bits per heavy atom. The number of hydrogen-bond acceptors (Lipinski definition) is 3. The summed E-state index contributed by atoms with van der Waals surface area (Å²) in [7, 11) is 0. The average molecular weight is 277 g/mol. The van der Waals surface area contributed by atoms with Gasteiger partial charge in [-0.2, -0.15) is 5.26 Å². The molecule has 2 aliphatic rings. The summed E-state index contributed by atoms with van der Waals surface area (Å²) in [4.78, 5) is 2.62. The Hall–Kier alpha value is -0.590. The topological polar surface area (TPSA) is 39.1 Å². The zero-order valence-electron chi connectivity index (χ0n) is 13.3. The molecular weight excluding hydrogens is 246 g/mol. The highest BCUT2D eigenvalue weighted by molar-refractivity contribution is 5.17. The lowest BCUT2D eigenvalue weighted by Crippen LogP contribution is -2.57. The van der Waals surface area contributed by atoms with Gasteiger partial charge in [-0.3, -0.25) is 10.2 Å². The Morgan fingerprint density at radius 2 is 2.00 bits per heavy atom. The van der Waals surface area contributed by atoms with E-state index in [2.05, 4.69) is 30.1 Å². The van der Waals surface area contributed by atoms with Crippen LogP contribution in [-0.4, -0.2) is 36.1 Å². The second-order valence-electron chi connectivity index (χ2n) is 6.69. The van der Waals surface area contributed by atoms with E-state index in [1.165, 1.54) is 51.5 Å². The van der Waals surface area contributed by atoms with Crippen LogP contribution in [0.15, 0.2) is 0 Å². The molecule has 0 aromatic rings. The minimum absolute atomic E-state index is 0.278. The van der Waals surface area contributed by atoms with Crippen LogP contribution in [0.2, 0.25) is 0 Å². The van der Waals surface area contributed by atoms with Crippen molar-refractivity contribution in [3.63, 3.8) is 0 Å². The fourth-order valence-corrected chi connectivity index (χ4v) is 3.67. The second kappa shape index (κ2) is 7.43. The van der Waals surface area contributed by atoms with Gasteiger partial charge in [-0.1, -0.05) is 26.7 Å². The monoisotopic (exact) mass is 277 g/mol. The Morgan fingerprint density at radius 1 is 1.20 bits per heavy atom. The van der Waals surface area contributed by atoms with Gasteiger partial charge < -0.3 is 0 Å². The molecule has 2 atom stereocenters. The first kappa shape index (κ1) is 15.8. The first-order valence-corrected chi connectivity index (χ1v) is 8.66. The molecule has 0 aromatic heterocycles. The van der Waals surface area contributed by atoms with Crippen LogP contribution in [0.4, 0.5) is 0 Å². The zero-order valence-corrected chi connectivity index (χ0v) is 13.3. The molecule has 114 valence electrons. The Kier molecular flexibility index (Phi) is 5.86. The van der Waals surface area contributed by atoms with E-state index in [4.69, 9.17) is 0 Å². The molecule has 1 heterocycles. The fourth-order valence-electron chi connectivity index (χ4n) is 3.67. The van der Waals surface area contributed by atoms with Crippen LogP contribution in [0.1, 0.15) is 65.2 Å². The SMILES string of the molecule is CCCNC(C#N)(CN1CCCCC1CCC)C1CC1. The molecule has 2 rings (SSSR count). The molecule has 0 aromatic carbocycles. The number of likely N-dealkylation sites (tertiary alicyclic amines) is 1. The summed E-state index contributed by atoms with van der Waals surface area (Å²) in [6.07, 6.45) is 10.1. The van der Waals surface area contributed by atoms with Crippen LogP contribution in [0.25, 0.3) is 0 Å². The minimum Gasteiger partial charge on any atom is -0.298 e. The lowest BCUT2D eigenvalue weighted by atomic mass is 9.90.